The van der Waals surface area contributed by atoms with E-state index < -0.39 is 23.5 Å². The molecular formula is C13H16Cl2F2N2O2. The molecule has 0 saturated carbocycles. The minimum absolute atomic E-state index is 0. The van der Waals surface area contributed by atoms with Gasteiger partial charge in [-0.2, -0.15) is 8.78 Å². The van der Waals surface area contributed by atoms with Gasteiger partial charge in [0.05, 0.1) is 6.10 Å². The molecule has 1 aliphatic rings. The first-order valence-corrected chi connectivity index (χ1v) is 6.60. The Kier molecular flexibility index (Phi) is 6.34. The summed E-state index contributed by atoms with van der Waals surface area (Å²) < 4.78 is 27.9. The van der Waals surface area contributed by atoms with Crippen molar-refractivity contribution < 1.29 is 18.7 Å². The molecule has 21 heavy (non-hydrogen) atoms. The second kappa shape index (κ2) is 7.35. The fourth-order valence-electron chi connectivity index (χ4n) is 2.08. The highest BCUT2D eigenvalue weighted by Crippen LogP contribution is 2.29. The Labute approximate surface area is 132 Å². The molecule has 1 aromatic carbocycles. The van der Waals surface area contributed by atoms with E-state index in [4.69, 9.17) is 11.6 Å². The van der Waals surface area contributed by atoms with E-state index in [1.165, 1.54) is 12.1 Å². The lowest BCUT2D eigenvalue weighted by molar-refractivity contribution is -0.147. The molecule has 1 amide bonds. The van der Waals surface area contributed by atoms with Gasteiger partial charge in [0.1, 0.15) is 0 Å². The van der Waals surface area contributed by atoms with Crippen LogP contribution >= 0.6 is 24.0 Å². The summed E-state index contributed by atoms with van der Waals surface area (Å²) in [4.78, 5) is 11.6. The molecule has 2 rings (SSSR count). The third kappa shape index (κ3) is 4.26. The molecule has 0 aromatic heterocycles. The Morgan fingerprint density at radius 2 is 2.19 bits per heavy atom. The zero-order valence-corrected chi connectivity index (χ0v) is 12.6. The highest BCUT2D eigenvalue weighted by atomic mass is 35.5. The average molecular weight is 341 g/mol. The number of aliphatic hydroxyl groups is 1. The predicted molar refractivity (Wildman–Crippen MR) is 78.0 cm³/mol. The van der Waals surface area contributed by atoms with Gasteiger partial charge in [-0.15, -0.1) is 12.4 Å². The van der Waals surface area contributed by atoms with Gasteiger partial charge < -0.3 is 15.7 Å². The molecule has 1 aromatic rings. The third-order valence-electron chi connectivity index (χ3n) is 3.30. The Morgan fingerprint density at radius 3 is 2.76 bits per heavy atom. The quantitative estimate of drug-likeness (QED) is 0.779. The molecule has 4 nitrogen and oxygen atoms in total. The minimum Gasteiger partial charge on any atom is -0.391 e. The smallest absolute Gasteiger partial charge is 0.349 e. The Bertz CT molecular complexity index is 503. The fourth-order valence-corrected chi connectivity index (χ4v) is 2.27. The maximum absolute atomic E-state index is 14.0. The number of hydrogen-bond donors (Lipinski definition) is 3. The normalized spacial score (nSPS) is 21.7. The summed E-state index contributed by atoms with van der Waals surface area (Å²) in [7, 11) is 0. The lowest BCUT2D eigenvalue weighted by Crippen LogP contribution is -2.42. The van der Waals surface area contributed by atoms with Crippen LogP contribution in [0.5, 0.6) is 0 Å². The summed E-state index contributed by atoms with van der Waals surface area (Å²) in [5.74, 6) is -5.30. The summed E-state index contributed by atoms with van der Waals surface area (Å²) in [6.07, 6.45) is -0.630. The number of carbonyl (C=O) groups is 1. The first-order chi connectivity index (χ1) is 9.41. The lowest BCUT2D eigenvalue weighted by Gasteiger charge is -2.19. The SMILES string of the molecule is Cl.O=C(NCC1CNCC1O)C(F)(F)c1cccc(Cl)c1. The second-order valence-electron chi connectivity index (χ2n) is 4.78. The van der Waals surface area contributed by atoms with Crippen LogP contribution in [0.2, 0.25) is 5.02 Å². The molecule has 2 unspecified atom stereocenters. The molecule has 118 valence electrons. The van der Waals surface area contributed by atoms with Crippen molar-refractivity contribution in [3.8, 4) is 0 Å². The summed E-state index contributed by atoms with van der Waals surface area (Å²) in [5, 5.41) is 14.8. The fraction of sp³-hybridized carbons (Fsp3) is 0.462. The van der Waals surface area contributed by atoms with E-state index in [-0.39, 0.29) is 29.9 Å². The zero-order chi connectivity index (χ0) is 14.8. The molecule has 0 radical (unpaired) electrons. The van der Waals surface area contributed by atoms with Crippen LogP contribution in [0.15, 0.2) is 24.3 Å². The number of nitrogens with one attached hydrogen (secondary N) is 2. The third-order valence-corrected chi connectivity index (χ3v) is 3.54. The lowest BCUT2D eigenvalue weighted by atomic mass is 10.1. The molecule has 0 bridgehead atoms. The molecule has 0 aliphatic carbocycles. The zero-order valence-electron chi connectivity index (χ0n) is 11.0. The molecule has 1 saturated heterocycles. The van der Waals surface area contributed by atoms with E-state index in [1.54, 1.807) is 0 Å². The largest absolute Gasteiger partial charge is 0.391 e. The molecule has 1 aliphatic heterocycles. The van der Waals surface area contributed by atoms with Crippen molar-refractivity contribution in [2.45, 2.75) is 12.0 Å². The van der Waals surface area contributed by atoms with Gasteiger partial charge in [0.25, 0.3) is 5.91 Å². The van der Waals surface area contributed by atoms with E-state index in [0.29, 0.717) is 13.1 Å². The Morgan fingerprint density at radius 1 is 1.48 bits per heavy atom. The van der Waals surface area contributed by atoms with E-state index in [1.807, 2.05) is 0 Å². The number of β-amino-alcohol motifs (C(OH)–C–C–N with tert-alkyl or cyclic N) is 1. The van der Waals surface area contributed by atoms with Crippen molar-refractivity contribution in [3.05, 3.63) is 34.9 Å². The summed E-state index contributed by atoms with van der Waals surface area (Å²) in [6.45, 7) is 0.901. The van der Waals surface area contributed by atoms with Crippen molar-refractivity contribution in [2.24, 2.45) is 5.92 Å². The van der Waals surface area contributed by atoms with Crippen LogP contribution in [-0.4, -0.2) is 36.8 Å². The van der Waals surface area contributed by atoms with Crippen molar-refractivity contribution in [1.82, 2.24) is 10.6 Å². The molecule has 1 heterocycles. The number of aliphatic hydroxyl groups excluding tert-OH is 1. The van der Waals surface area contributed by atoms with E-state index in [0.717, 1.165) is 12.1 Å². The van der Waals surface area contributed by atoms with Gasteiger partial charge in [0, 0.05) is 36.1 Å². The molecule has 3 N–H and O–H groups in total. The van der Waals surface area contributed by atoms with Crippen LogP contribution in [-0.2, 0) is 10.7 Å². The van der Waals surface area contributed by atoms with Gasteiger partial charge in [-0.1, -0.05) is 23.7 Å². The highest BCUT2D eigenvalue weighted by molar-refractivity contribution is 6.30. The van der Waals surface area contributed by atoms with Crippen molar-refractivity contribution in [2.75, 3.05) is 19.6 Å². The number of amides is 1. The number of benzene rings is 1. The predicted octanol–water partition coefficient (Wildman–Crippen LogP) is 1.55. The number of rotatable bonds is 4. The summed E-state index contributed by atoms with van der Waals surface area (Å²) >= 11 is 5.65. The molecule has 0 spiro atoms. The summed E-state index contributed by atoms with van der Waals surface area (Å²) in [5.41, 5.74) is -0.451. The number of alkyl halides is 2. The maximum atomic E-state index is 14.0. The first kappa shape index (κ1) is 18.1. The maximum Gasteiger partial charge on any atom is 0.349 e. The van der Waals surface area contributed by atoms with Crippen LogP contribution in [0, 0.1) is 5.92 Å². The topological polar surface area (TPSA) is 61.4 Å². The van der Waals surface area contributed by atoms with Crippen LogP contribution in [0.4, 0.5) is 8.78 Å². The molecule has 2 atom stereocenters. The number of carbonyl (C=O) groups excluding carboxylic acids is 1. The highest BCUT2D eigenvalue weighted by Gasteiger charge is 2.41. The van der Waals surface area contributed by atoms with E-state index >= 15 is 0 Å². The minimum atomic E-state index is -3.65. The van der Waals surface area contributed by atoms with Crippen LogP contribution in [0.25, 0.3) is 0 Å². The number of hydrogen-bond acceptors (Lipinski definition) is 3. The van der Waals surface area contributed by atoms with Gasteiger partial charge in [-0.3, -0.25) is 4.79 Å². The van der Waals surface area contributed by atoms with Crippen molar-refractivity contribution >= 4 is 29.9 Å². The van der Waals surface area contributed by atoms with Crippen molar-refractivity contribution in [3.63, 3.8) is 0 Å². The standard InChI is InChI=1S/C13H15ClF2N2O2.ClH/c14-10-3-1-2-9(4-10)13(15,16)12(20)18-6-8-5-17-7-11(8)19;/h1-4,8,11,17,19H,5-7H2,(H,18,20);1H. The van der Waals surface area contributed by atoms with Crippen LogP contribution in [0.1, 0.15) is 5.56 Å². The summed E-state index contributed by atoms with van der Waals surface area (Å²) in [6, 6.07) is 5.04. The molecule has 8 heteroatoms. The molecule has 1 fully saturated rings. The van der Waals surface area contributed by atoms with Crippen LogP contribution in [0.3, 0.4) is 0 Å². The van der Waals surface area contributed by atoms with Gasteiger partial charge in [-0.05, 0) is 12.1 Å². The van der Waals surface area contributed by atoms with Gasteiger partial charge in [0.2, 0.25) is 0 Å². The van der Waals surface area contributed by atoms with Crippen molar-refractivity contribution in [1.29, 1.82) is 0 Å². The Hall–Kier alpha value is -0.950. The van der Waals surface area contributed by atoms with Crippen LogP contribution < -0.4 is 10.6 Å². The van der Waals surface area contributed by atoms with Gasteiger partial charge in [-0.25, -0.2) is 0 Å². The monoisotopic (exact) mass is 340 g/mol. The average Bonchev–Trinajstić information content (AvgIpc) is 2.81. The van der Waals surface area contributed by atoms with E-state index in [9.17, 15) is 18.7 Å². The molecular weight excluding hydrogens is 325 g/mol. The number of halogens is 4. The second-order valence-corrected chi connectivity index (χ2v) is 5.22. The van der Waals surface area contributed by atoms with Gasteiger partial charge >= 0.3 is 5.92 Å². The van der Waals surface area contributed by atoms with Gasteiger partial charge in [0.15, 0.2) is 0 Å². The Balaban J connectivity index is 0.00000220. The van der Waals surface area contributed by atoms with E-state index in [2.05, 4.69) is 10.6 Å². The first-order valence-electron chi connectivity index (χ1n) is 6.22.